The third-order valence-corrected chi connectivity index (χ3v) is 5.67. The molecule has 5 nitrogen and oxygen atoms in total. The summed E-state index contributed by atoms with van der Waals surface area (Å²) in [6.07, 6.45) is 3.00. The normalized spacial score (nSPS) is 11.0. The molecule has 0 bridgehead atoms. The number of ether oxygens (including phenoxy) is 3. The Balaban J connectivity index is 1.48. The van der Waals surface area contributed by atoms with Crippen LogP contribution in [-0.4, -0.2) is 30.4 Å². The first kappa shape index (κ1) is 21.8. The highest BCUT2D eigenvalue weighted by atomic mass is 16.5. The van der Waals surface area contributed by atoms with Gasteiger partial charge in [0.15, 0.2) is 11.5 Å². The molecule has 0 aliphatic carbocycles. The van der Waals surface area contributed by atoms with Crippen LogP contribution in [0.2, 0.25) is 0 Å². The zero-order chi connectivity index (χ0) is 22.3. The maximum atomic E-state index is 5.93. The molecule has 0 fully saturated rings. The van der Waals surface area contributed by atoms with Crippen molar-refractivity contribution in [1.29, 1.82) is 0 Å². The molecule has 0 atom stereocenters. The number of aryl methyl sites for hydroxylation is 2. The molecule has 0 spiro atoms. The number of nitrogens with zero attached hydrogens (tertiary/aromatic N) is 2. The number of benzene rings is 3. The van der Waals surface area contributed by atoms with Gasteiger partial charge in [0.25, 0.3) is 0 Å². The number of unbranched alkanes of at least 4 members (excludes halogenated alkanes) is 1. The number of hydrogen-bond donors (Lipinski definition) is 0. The maximum absolute atomic E-state index is 5.93. The van der Waals surface area contributed by atoms with Crippen molar-refractivity contribution in [1.82, 2.24) is 9.55 Å². The highest BCUT2D eigenvalue weighted by Crippen LogP contribution is 2.33. The van der Waals surface area contributed by atoms with E-state index in [4.69, 9.17) is 19.2 Å². The van der Waals surface area contributed by atoms with Crippen molar-refractivity contribution in [3.63, 3.8) is 0 Å². The van der Waals surface area contributed by atoms with E-state index in [1.807, 2.05) is 24.3 Å². The average molecular weight is 431 g/mol. The summed E-state index contributed by atoms with van der Waals surface area (Å²) in [7, 11) is 3.30. The minimum atomic E-state index is 0.698. The molecule has 4 rings (SSSR count). The molecule has 0 saturated heterocycles. The Hall–Kier alpha value is -3.47. The number of imidazole rings is 1. The van der Waals surface area contributed by atoms with Crippen molar-refractivity contribution in [3.05, 3.63) is 72.3 Å². The van der Waals surface area contributed by atoms with E-state index in [2.05, 4.69) is 54.0 Å². The van der Waals surface area contributed by atoms with Gasteiger partial charge in [-0.15, -0.1) is 0 Å². The van der Waals surface area contributed by atoms with E-state index in [0.717, 1.165) is 54.0 Å². The van der Waals surface area contributed by atoms with Gasteiger partial charge in [0.2, 0.25) is 0 Å². The number of aromatic nitrogens is 2. The Morgan fingerprint density at radius 1 is 0.844 bits per heavy atom. The van der Waals surface area contributed by atoms with E-state index in [1.54, 1.807) is 14.2 Å². The first-order valence-corrected chi connectivity index (χ1v) is 11.1. The van der Waals surface area contributed by atoms with Gasteiger partial charge in [-0.3, -0.25) is 0 Å². The van der Waals surface area contributed by atoms with Crippen LogP contribution in [0.3, 0.4) is 0 Å². The number of rotatable bonds is 10. The second kappa shape index (κ2) is 10.2. The van der Waals surface area contributed by atoms with Crippen molar-refractivity contribution in [3.8, 4) is 28.6 Å². The monoisotopic (exact) mass is 430 g/mol. The van der Waals surface area contributed by atoms with E-state index in [1.165, 1.54) is 5.56 Å². The zero-order valence-electron chi connectivity index (χ0n) is 19.0. The zero-order valence-corrected chi connectivity index (χ0v) is 19.0. The first-order valence-electron chi connectivity index (χ1n) is 11.1. The lowest BCUT2D eigenvalue weighted by Gasteiger charge is -2.12. The summed E-state index contributed by atoms with van der Waals surface area (Å²) in [5.74, 6) is 3.28. The summed E-state index contributed by atoms with van der Waals surface area (Å²) in [5, 5.41) is 0. The Labute approximate surface area is 189 Å². The standard InChI is InChI=1S/C27H30N2O3/c1-4-20-11-14-22(15-12-20)32-18-8-7-17-29-24-10-6-5-9-23(24)28-27(29)21-13-16-25(30-2)26(19-21)31-3/h5-6,9-16,19H,4,7-8,17-18H2,1-3H3. The minimum Gasteiger partial charge on any atom is -0.494 e. The molecular formula is C27H30N2O3. The number of methoxy groups -OCH3 is 2. The van der Waals surface area contributed by atoms with E-state index < -0.39 is 0 Å². The molecule has 0 radical (unpaired) electrons. The van der Waals surface area contributed by atoms with Gasteiger partial charge in [-0.05, 0) is 67.3 Å². The molecule has 0 aliphatic heterocycles. The van der Waals surface area contributed by atoms with Crippen molar-refractivity contribution in [2.45, 2.75) is 32.7 Å². The third-order valence-electron chi connectivity index (χ3n) is 5.67. The smallest absolute Gasteiger partial charge is 0.161 e. The van der Waals surface area contributed by atoms with Crippen LogP contribution in [0.5, 0.6) is 17.2 Å². The van der Waals surface area contributed by atoms with Gasteiger partial charge in [-0.25, -0.2) is 4.98 Å². The van der Waals surface area contributed by atoms with Crippen molar-refractivity contribution in [2.75, 3.05) is 20.8 Å². The molecule has 32 heavy (non-hydrogen) atoms. The lowest BCUT2D eigenvalue weighted by Crippen LogP contribution is -2.04. The van der Waals surface area contributed by atoms with E-state index >= 15 is 0 Å². The Morgan fingerprint density at radius 3 is 2.38 bits per heavy atom. The SMILES string of the molecule is CCc1ccc(OCCCCn2c(-c3ccc(OC)c(OC)c3)nc3ccccc32)cc1. The highest BCUT2D eigenvalue weighted by Gasteiger charge is 2.14. The molecule has 0 aliphatic rings. The van der Waals surface area contributed by atoms with E-state index in [0.29, 0.717) is 18.1 Å². The fourth-order valence-electron chi connectivity index (χ4n) is 3.88. The topological polar surface area (TPSA) is 45.5 Å². The van der Waals surface area contributed by atoms with Crippen LogP contribution in [-0.2, 0) is 13.0 Å². The summed E-state index contributed by atoms with van der Waals surface area (Å²) in [6.45, 7) is 3.72. The van der Waals surface area contributed by atoms with Crippen molar-refractivity contribution >= 4 is 11.0 Å². The number of para-hydroxylation sites is 2. The lowest BCUT2D eigenvalue weighted by atomic mass is 10.2. The first-order chi connectivity index (χ1) is 15.7. The van der Waals surface area contributed by atoms with Crippen LogP contribution in [0.1, 0.15) is 25.3 Å². The molecule has 1 aromatic heterocycles. The van der Waals surface area contributed by atoms with Crippen LogP contribution in [0.15, 0.2) is 66.7 Å². The molecule has 1 heterocycles. The van der Waals surface area contributed by atoms with Gasteiger partial charge in [0.1, 0.15) is 11.6 Å². The molecule has 0 saturated carbocycles. The number of fused-ring (bicyclic) bond motifs is 1. The molecule has 0 unspecified atom stereocenters. The molecule has 0 N–H and O–H groups in total. The third kappa shape index (κ3) is 4.72. The number of hydrogen-bond acceptors (Lipinski definition) is 4. The van der Waals surface area contributed by atoms with Gasteiger partial charge < -0.3 is 18.8 Å². The van der Waals surface area contributed by atoms with Gasteiger partial charge in [-0.2, -0.15) is 0 Å². The van der Waals surface area contributed by atoms with Gasteiger partial charge in [0, 0.05) is 12.1 Å². The second-order valence-electron chi connectivity index (χ2n) is 7.70. The lowest BCUT2D eigenvalue weighted by molar-refractivity contribution is 0.303. The summed E-state index contributed by atoms with van der Waals surface area (Å²) in [6, 6.07) is 22.6. The van der Waals surface area contributed by atoms with Crippen molar-refractivity contribution in [2.24, 2.45) is 0 Å². The predicted octanol–water partition coefficient (Wildman–Crippen LogP) is 6.14. The van der Waals surface area contributed by atoms with Crippen LogP contribution >= 0.6 is 0 Å². The maximum Gasteiger partial charge on any atom is 0.161 e. The quantitative estimate of drug-likeness (QED) is 0.283. The Morgan fingerprint density at radius 2 is 1.62 bits per heavy atom. The fraction of sp³-hybridized carbons (Fsp3) is 0.296. The van der Waals surface area contributed by atoms with Crippen LogP contribution in [0, 0.1) is 0 Å². The Kier molecular flexibility index (Phi) is 6.95. The summed E-state index contributed by atoms with van der Waals surface area (Å²) >= 11 is 0. The van der Waals surface area contributed by atoms with Gasteiger partial charge in [-0.1, -0.05) is 31.2 Å². The summed E-state index contributed by atoms with van der Waals surface area (Å²) < 4.78 is 19.1. The minimum absolute atomic E-state index is 0.698. The predicted molar refractivity (Wildman–Crippen MR) is 129 cm³/mol. The summed E-state index contributed by atoms with van der Waals surface area (Å²) in [4.78, 5) is 4.91. The fourth-order valence-corrected chi connectivity index (χ4v) is 3.88. The van der Waals surface area contributed by atoms with E-state index in [9.17, 15) is 0 Å². The summed E-state index contributed by atoms with van der Waals surface area (Å²) in [5.41, 5.74) is 4.45. The van der Waals surface area contributed by atoms with Gasteiger partial charge >= 0.3 is 0 Å². The molecule has 4 aromatic rings. The van der Waals surface area contributed by atoms with Crippen LogP contribution < -0.4 is 14.2 Å². The van der Waals surface area contributed by atoms with E-state index in [-0.39, 0.29) is 0 Å². The highest BCUT2D eigenvalue weighted by molar-refractivity contribution is 5.81. The Bertz CT molecular complexity index is 1170. The van der Waals surface area contributed by atoms with Crippen molar-refractivity contribution < 1.29 is 14.2 Å². The molecule has 5 heteroatoms. The average Bonchev–Trinajstić information content (AvgIpc) is 3.22. The molecule has 0 amide bonds. The second-order valence-corrected chi connectivity index (χ2v) is 7.70. The van der Waals surface area contributed by atoms with Crippen LogP contribution in [0.25, 0.3) is 22.4 Å². The molecule has 3 aromatic carbocycles. The largest absolute Gasteiger partial charge is 0.494 e. The molecule has 166 valence electrons. The van der Waals surface area contributed by atoms with Crippen LogP contribution in [0.4, 0.5) is 0 Å². The van der Waals surface area contributed by atoms with Gasteiger partial charge in [0.05, 0.1) is 31.9 Å². The molecular weight excluding hydrogens is 400 g/mol.